The summed E-state index contributed by atoms with van der Waals surface area (Å²) in [6.45, 7) is 2.24. The van der Waals surface area contributed by atoms with Gasteiger partial charge in [-0.2, -0.15) is 0 Å². The van der Waals surface area contributed by atoms with Gasteiger partial charge in [0.1, 0.15) is 10.6 Å². The van der Waals surface area contributed by atoms with E-state index >= 15 is 0 Å². The summed E-state index contributed by atoms with van der Waals surface area (Å²) >= 11 is 0. The molecule has 2 aromatic carbocycles. The lowest BCUT2D eigenvalue weighted by Gasteiger charge is -2.10. The fraction of sp³-hybridized carbons (Fsp3) is 0.200. The summed E-state index contributed by atoms with van der Waals surface area (Å²) in [5.74, 6) is 0.337. The highest BCUT2D eigenvalue weighted by molar-refractivity contribution is 7.89. The van der Waals surface area contributed by atoms with E-state index in [0.717, 1.165) is 11.1 Å². The van der Waals surface area contributed by atoms with E-state index in [1.807, 2.05) is 31.2 Å². The zero-order valence-electron chi connectivity index (χ0n) is 11.5. The standard InChI is InChI=1S/C15H17NO3S/c1-12-7-9-13(10-8-12)11-16-20(17,18)15-6-4-3-5-14(15)19-2/h3-10,16H,11H2,1-2H3. The van der Waals surface area contributed by atoms with Crippen molar-refractivity contribution in [3.63, 3.8) is 0 Å². The summed E-state index contributed by atoms with van der Waals surface area (Å²) in [7, 11) is -2.13. The molecule has 2 aromatic rings. The lowest BCUT2D eigenvalue weighted by Crippen LogP contribution is -2.23. The van der Waals surface area contributed by atoms with E-state index in [1.165, 1.54) is 13.2 Å². The molecular formula is C15H17NO3S. The van der Waals surface area contributed by atoms with Gasteiger partial charge in [0.25, 0.3) is 0 Å². The molecule has 0 amide bonds. The van der Waals surface area contributed by atoms with Crippen LogP contribution in [0.3, 0.4) is 0 Å². The Labute approximate surface area is 119 Å². The highest BCUT2D eigenvalue weighted by Gasteiger charge is 2.18. The third kappa shape index (κ3) is 3.37. The Kier molecular flexibility index (Phi) is 4.42. The van der Waals surface area contributed by atoms with E-state index < -0.39 is 10.0 Å². The maximum atomic E-state index is 12.3. The number of rotatable bonds is 5. The quantitative estimate of drug-likeness (QED) is 0.920. The minimum absolute atomic E-state index is 0.148. The van der Waals surface area contributed by atoms with Crippen molar-refractivity contribution in [3.05, 3.63) is 59.7 Å². The largest absolute Gasteiger partial charge is 0.495 e. The maximum Gasteiger partial charge on any atom is 0.244 e. The first-order chi connectivity index (χ1) is 9.53. The van der Waals surface area contributed by atoms with Gasteiger partial charge in [0.2, 0.25) is 10.0 Å². The van der Waals surface area contributed by atoms with Crippen LogP contribution >= 0.6 is 0 Å². The van der Waals surface area contributed by atoms with E-state index in [1.54, 1.807) is 18.2 Å². The molecule has 0 heterocycles. The maximum absolute atomic E-state index is 12.3. The smallest absolute Gasteiger partial charge is 0.244 e. The van der Waals surface area contributed by atoms with Gasteiger partial charge in [-0.1, -0.05) is 42.0 Å². The molecule has 0 aliphatic rings. The minimum atomic E-state index is -3.59. The Morgan fingerprint density at radius 1 is 1.05 bits per heavy atom. The van der Waals surface area contributed by atoms with Crippen molar-refractivity contribution < 1.29 is 13.2 Å². The summed E-state index contributed by atoms with van der Waals surface area (Å²) in [6.07, 6.45) is 0. The molecule has 2 rings (SSSR count). The van der Waals surface area contributed by atoms with Gasteiger partial charge in [-0.15, -0.1) is 0 Å². The second-order valence-electron chi connectivity index (χ2n) is 4.46. The van der Waals surface area contributed by atoms with Crippen LogP contribution in [0.2, 0.25) is 0 Å². The lowest BCUT2D eigenvalue weighted by atomic mass is 10.2. The van der Waals surface area contributed by atoms with Crippen LogP contribution < -0.4 is 9.46 Å². The van der Waals surface area contributed by atoms with Gasteiger partial charge in [-0.05, 0) is 24.6 Å². The number of para-hydroxylation sites is 1. The van der Waals surface area contributed by atoms with Gasteiger partial charge in [-0.3, -0.25) is 0 Å². The Balaban J connectivity index is 2.17. The second kappa shape index (κ2) is 6.07. The van der Waals surface area contributed by atoms with Crippen LogP contribution in [0, 0.1) is 6.92 Å². The van der Waals surface area contributed by atoms with Crippen LogP contribution in [-0.2, 0) is 16.6 Å². The van der Waals surface area contributed by atoms with Crippen LogP contribution in [-0.4, -0.2) is 15.5 Å². The first kappa shape index (κ1) is 14.6. The number of methoxy groups -OCH3 is 1. The van der Waals surface area contributed by atoms with E-state index in [-0.39, 0.29) is 11.4 Å². The third-order valence-electron chi connectivity index (χ3n) is 2.95. The van der Waals surface area contributed by atoms with Crippen molar-refractivity contribution in [2.45, 2.75) is 18.4 Å². The molecule has 0 spiro atoms. The van der Waals surface area contributed by atoms with Crippen molar-refractivity contribution in [3.8, 4) is 5.75 Å². The summed E-state index contributed by atoms with van der Waals surface area (Å²) in [5, 5.41) is 0. The predicted molar refractivity (Wildman–Crippen MR) is 78.2 cm³/mol. The summed E-state index contributed by atoms with van der Waals surface area (Å²) in [4.78, 5) is 0.148. The van der Waals surface area contributed by atoms with Crippen LogP contribution in [0.15, 0.2) is 53.4 Å². The lowest BCUT2D eigenvalue weighted by molar-refractivity contribution is 0.402. The molecule has 106 valence electrons. The van der Waals surface area contributed by atoms with E-state index in [0.29, 0.717) is 5.75 Å². The molecule has 0 aliphatic heterocycles. The average molecular weight is 291 g/mol. The molecule has 5 heteroatoms. The van der Waals surface area contributed by atoms with Crippen LogP contribution in [0.25, 0.3) is 0 Å². The molecule has 20 heavy (non-hydrogen) atoms. The molecule has 0 atom stereocenters. The molecule has 0 radical (unpaired) electrons. The van der Waals surface area contributed by atoms with E-state index in [9.17, 15) is 8.42 Å². The second-order valence-corrected chi connectivity index (χ2v) is 6.20. The molecule has 1 N–H and O–H groups in total. The number of benzene rings is 2. The Morgan fingerprint density at radius 2 is 1.70 bits per heavy atom. The summed E-state index contributed by atoms with van der Waals surface area (Å²) < 4.78 is 32.2. The monoisotopic (exact) mass is 291 g/mol. The normalized spacial score (nSPS) is 11.3. The summed E-state index contributed by atoms with van der Waals surface area (Å²) in [5.41, 5.74) is 2.05. The molecule has 4 nitrogen and oxygen atoms in total. The van der Waals surface area contributed by atoms with Gasteiger partial charge in [0.15, 0.2) is 0 Å². The van der Waals surface area contributed by atoms with E-state index in [4.69, 9.17) is 4.74 Å². The van der Waals surface area contributed by atoms with Gasteiger partial charge in [0.05, 0.1) is 7.11 Å². The number of nitrogens with one attached hydrogen (secondary N) is 1. The molecule has 0 fully saturated rings. The molecule has 0 saturated carbocycles. The number of aryl methyl sites for hydroxylation is 1. The molecule has 0 aromatic heterocycles. The SMILES string of the molecule is COc1ccccc1S(=O)(=O)NCc1ccc(C)cc1. The average Bonchev–Trinajstić information content (AvgIpc) is 2.46. The Morgan fingerprint density at radius 3 is 2.35 bits per heavy atom. The summed E-state index contributed by atoms with van der Waals surface area (Å²) in [6, 6.07) is 14.3. The fourth-order valence-electron chi connectivity index (χ4n) is 1.80. The van der Waals surface area contributed by atoms with Crippen molar-refractivity contribution in [1.29, 1.82) is 0 Å². The number of hydrogen-bond acceptors (Lipinski definition) is 3. The molecule has 0 aliphatic carbocycles. The number of ether oxygens (including phenoxy) is 1. The van der Waals surface area contributed by atoms with Crippen LogP contribution in [0.4, 0.5) is 0 Å². The van der Waals surface area contributed by atoms with Gasteiger partial charge in [-0.25, -0.2) is 13.1 Å². The first-order valence-electron chi connectivity index (χ1n) is 6.21. The van der Waals surface area contributed by atoms with Crippen LogP contribution in [0.1, 0.15) is 11.1 Å². The fourth-order valence-corrected chi connectivity index (χ4v) is 2.99. The van der Waals surface area contributed by atoms with Crippen molar-refractivity contribution in [1.82, 2.24) is 4.72 Å². The highest BCUT2D eigenvalue weighted by atomic mass is 32.2. The first-order valence-corrected chi connectivity index (χ1v) is 7.69. The number of hydrogen-bond donors (Lipinski definition) is 1. The van der Waals surface area contributed by atoms with Crippen molar-refractivity contribution >= 4 is 10.0 Å². The van der Waals surface area contributed by atoms with E-state index in [2.05, 4.69) is 4.72 Å². The Hall–Kier alpha value is -1.85. The molecule has 0 unspecified atom stereocenters. The zero-order chi connectivity index (χ0) is 14.6. The minimum Gasteiger partial charge on any atom is -0.495 e. The highest BCUT2D eigenvalue weighted by Crippen LogP contribution is 2.22. The van der Waals surface area contributed by atoms with Crippen LogP contribution in [0.5, 0.6) is 5.75 Å². The van der Waals surface area contributed by atoms with Gasteiger partial charge >= 0.3 is 0 Å². The zero-order valence-corrected chi connectivity index (χ0v) is 12.3. The third-order valence-corrected chi connectivity index (χ3v) is 4.39. The van der Waals surface area contributed by atoms with Crippen molar-refractivity contribution in [2.75, 3.05) is 7.11 Å². The Bertz CT molecular complexity index is 679. The van der Waals surface area contributed by atoms with Gasteiger partial charge in [0, 0.05) is 6.54 Å². The number of sulfonamides is 1. The topological polar surface area (TPSA) is 55.4 Å². The van der Waals surface area contributed by atoms with Gasteiger partial charge < -0.3 is 4.74 Å². The predicted octanol–water partition coefficient (Wildman–Crippen LogP) is 2.48. The van der Waals surface area contributed by atoms with Crippen molar-refractivity contribution in [2.24, 2.45) is 0 Å². The molecule has 0 saturated heterocycles. The molecule has 0 bridgehead atoms. The molecular weight excluding hydrogens is 274 g/mol.